The lowest BCUT2D eigenvalue weighted by atomic mass is 10.1. The molecule has 1 N–H and O–H groups in total. The SMILES string of the molecule is COc1cccc(N2CCN(CC(=O)Nc3cc(C(C)C)no3)CC2)c1. The van der Waals surface area contributed by atoms with Gasteiger partial charge >= 0.3 is 0 Å². The molecule has 140 valence electrons. The number of nitrogens with one attached hydrogen (secondary N) is 1. The Balaban J connectivity index is 1.47. The predicted octanol–water partition coefficient (Wildman–Crippen LogP) is 2.57. The number of amides is 1. The number of hydrogen-bond acceptors (Lipinski definition) is 6. The predicted molar refractivity (Wildman–Crippen MR) is 101 cm³/mol. The maximum Gasteiger partial charge on any atom is 0.240 e. The second-order valence-electron chi connectivity index (χ2n) is 6.78. The summed E-state index contributed by atoms with van der Waals surface area (Å²) in [6, 6.07) is 9.85. The molecule has 3 rings (SSSR count). The van der Waals surface area contributed by atoms with E-state index >= 15 is 0 Å². The van der Waals surface area contributed by atoms with Crippen molar-refractivity contribution in [2.24, 2.45) is 0 Å². The van der Waals surface area contributed by atoms with Gasteiger partial charge in [0.05, 0.1) is 19.3 Å². The van der Waals surface area contributed by atoms with E-state index in [4.69, 9.17) is 9.26 Å². The summed E-state index contributed by atoms with van der Waals surface area (Å²) in [5, 5.41) is 6.74. The van der Waals surface area contributed by atoms with E-state index in [1.54, 1.807) is 13.2 Å². The zero-order valence-electron chi connectivity index (χ0n) is 15.6. The fraction of sp³-hybridized carbons (Fsp3) is 0.474. The molecule has 2 heterocycles. The first kappa shape index (κ1) is 18.3. The van der Waals surface area contributed by atoms with Crippen molar-refractivity contribution in [3.63, 3.8) is 0 Å². The second-order valence-corrected chi connectivity index (χ2v) is 6.78. The molecular formula is C19H26N4O3. The van der Waals surface area contributed by atoms with Crippen LogP contribution >= 0.6 is 0 Å². The summed E-state index contributed by atoms with van der Waals surface area (Å²) in [7, 11) is 1.67. The van der Waals surface area contributed by atoms with Crippen LogP contribution in [-0.4, -0.2) is 55.8 Å². The quantitative estimate of drug-likeness (QED) is 0.856. The highest BCUT2D eigenvalue weighted by Crippen LogP contribution is 2.22. The molecule has 7 nitrogen and oxygen atoms in total. The Morgan fingerprint density at radius 3 is 2.69 bits per heavy atom. The van der Waals surface area contributed by atoms with Crippen LogP contribution in [0.5, 0.6) is 5.75 Å². The summed E-state index contributed by atoms with van der Waals surface area (Å²) >= 11 is 0. The van der Waals surface area contributed by atoms with E-state index in [2.05, 4.69) is 26.3 Å². The summed E-state index contributed by atoms with van der Waals surface area (Å²) in [6.07, 6.45) is 0. The van der Waals surface area contributed by atoms with E-state index in [1.165, 1.54) is 0 Å². The molecule has 2 aromatic rings. The topological polar surface area (TPSA) is 70.8 Å². The first-order valence-electron chi connectivity index (χ1n) is 8.93. The third kappa shape index (κ3) is 4.54. The van der Waals surface area contributed by atoms with Crippen LogP contribution in [0.4, 0.5) is 11.6 Å². The highest BCUT2D eigenvalue weighted by molar-refractivity contribution is 5.91. The summed E-state index contributed by atoms with van der Waals surface area (Å²) in [4.78, 5) is 16.7. The smallest absolute Gasteiger partial charge is 0.240 e. The van der Waals surface area contributed by atoms with Crippen molar-refractivity contribution >= 4 is 17.5 Å². The summed E-state index contributed by atoms with van der Waals surface area (Å²) in [6.45, 7) is 7.83. The van der Waals surface area contributed by atoms with Crippen molar-refractivity contribution in [2.75, 3.05) is 50.1 Å². The van der Waals surface area contributed by atoms with E-state index in [9.17, 15) is 4.79 Å². The molecule has 1 aliphatic rings. The van der Waals surface area contributed by atoms with Gasteiger partial charge in [0.25, 0.3) is 0 Å². The number of carbonyl (C=O) groups excluding carboxylic acids is 1. The maximum absolute atomic E-state index is 12.2. The Bertz CT molecular complexity index is 736. The molecular weight excluding hydrogens is 332 g/mol. The van der Waals surface area contributed by atoms with Gasteiger partial charge in [-0.25, -0.2) is 0 Å². The van der Waals surface area contributed by atoms with Gasteiger partial charge in [-0.15, -0.1) is 0 Å². The first-order valence-corrected chi connectivity index (χ1v) is 8.93. The molecule has 1 amide bonds. The standard InChI is InChI=1S/C19H26N4O3/c1-14(2)17-12-19(26-21-17)20-18(24)13-22-7-9-23(10-8-22)15-5-4-6-16(11-15)25-3/h4-6,11-12,14H,7-10,13H2,1-3H3,(H,20,24). The van der Waals surface area contributed by atoms with Crippen LogP contribution in [0.3, 0.4) is 0 Å². The van der Waals surface area contributed by atoms with E-state index in [0.29, 0.717) is 12.4 Å². The monoisotopic (exact) mass is 358 g/mol. The normalized spacial score (nSPS) is 15.3. The molecule has 0 bridgehead atoms. The lowest BCUT2D eigenvalue weighted by Gasteiger charge is -2.35. The molecule has 0 unspecified atom stereocenters. The number of methoxy groups -OCH3 is 1. The zero-order valence-corrected chi connectivity index (χ0v) is 15.6. The molecule has 26 heavy (non-hydrogen) atoms. The number of hydrogen-bond donors (Lipinski definition) is 1. The number of ether oxygens (including phenoxy) is 1. The lowest BCUT2D eigenvalue weighted by Crippen LogP contribution is -2.48. The van der Waals surface area contributed by atoms with Gasteiger partial charge < -0.3 is 14.2 Å². The number of piperazine rings is 1. The van der Waals surface area contributed by atoms with Crippen LogP contribution in [0, 0.1) is 0 Å². The van der Waals surface area contributed by atoms with E-state index in [1.807, 2.05) is 32.0 Å². The van der Waals surface area contributed by atoms with Crippen LogP contribution < -0.4 is 15.0 Å². The molecule has 7 heteroatoms. The minimum Gasteiger partial charge on any atom is -0.497 e. The van der Waals surface area contributed by atoms with Gasteiger partial charge in [-0.1, -0.05) is 25.1 Å². The number of rotatable bonds is 6. The number of anilines is 2. The zero-order chi connectivity index (χ0) is 18.5. The highest BCUT2D eigenvalue weighted by Gasteiger charge is 2.20. The third-order valence-electron chi connectivity index (χ3n) is 4.54. The highest BCUT2D eigenvalue weighted by atomic mass is 16.5. The van der Waals surface area contributed by atoms with E-state index in [0.717, 1.165) is 43.3 Å². The molecule has 0 atom stereocenters. The number of benzene rings is 1. The second kappa shape index (κ2) is 8.23. The van der Waals surface area contributed by atoms with Crippen LogP contribution in [-0.2, 0) is 4.79 Å². The minimum atomic E-state index is -0.0775. The van der Waals surface area contributed by atoms with Crippen molar-refractivity contribution in [3.05, 3.63) is 36.0 Å². The van der Waals surface area contributed by atoms with Gasteiger partial charge in [-0.3, -0.25) is 15.0 Å². The fourth-order valence-electron chi connectivity index (χ4n) is 2.97. The van der Waals surface area contributed by atoms with Gasteiger partial charge in [0.1, 0.15) is 5.75 Å². The molecule has 1 aliphatic heterocycles. The summed E-state index contributed by atoms with van der Waals surface area (Å²) in [5.41, 5.74) is 1.99. The molecule has 1 aromatic carbocycles. The van der Waals surface area contributed by atoms with Gasteiger partial charge in [-0.2, -0.15) is 0 Å². The average molecular weight is 358 g/mol. The van der Waals surface area contributed by atoms with Crippen LogP contribution in [0.15, 0.2) is 34.9 Å². The number of carbonyl (C=O) groups is 1. The molecule has 0 radical (unpaired) electrons. The van der Waals surface area contributed by atoms with Crippen molar-refractivity contribution in [1.82, 2.24) is 10.1 Å². The van der Waals surface area contributed by atoms with E-state index in [-0.39, 0.29) is 11.8 Å². The molecule has 1 aromatic heterocycles. The first-order chi connectivity index (χ1) is 12.5. The summed E-state index contributed by atoms with van der Waals surface area (Å²) < 4.78 is 10.5. The Kier molecular flexibility index (Phi) is 5.78. The van der Waals surface area contributed by atoms with Crippen molar-refractivity contribution < 1.29 is 14.1 Å². The Hall–Kier alpha value is -2.54. The van der Waals surface area contributed by atoms with Gasteiger partial charge in [-0.05, 0) is 18.1 Å². The average Bonchev–Trinajstić information content (AvgIpc) is 3.11. The van der Waals surface area contributed by atoms with Gasteiger partial charge in [0.2, 0.25) is 11.8 Å². The lowest BCUT2D eigenvalue weighted by molar-refractivity contribution is -0.117. The molecule has 1 fully saturated rings. The van der Waals surface area contributed by atoms with Crippen molar-refractivity contribution in [3.8, 4) is 5.75 Å². The Morgan fingerprint density at radius 1 is 1.27 bits per heavy atom. The maximum atomic E-state index is 12.2. The largest absolute Gasteiger partial charge is 0.497 e. The molecule has 0 aliphatic carbocycles. The van der Waals surface area contributed by atoms with Gasteiger partial charge in [0.15, 0.2) is 0 Å². The molecule has 1 saturated heterocycles. The van der Waals surface area contributed by atoms with Crippen LogP contribution in [0.2, 0.25) is 0 Å². The van der Waals surface area contributed by atoms with Gasteiger partial charge in [0, 0.05) is 44.0 Å². The van der Waals surface area contributed by atoms with E-state index < -0.39 is 0 Å². The number of aromatic nitrogens is 1. The van der Waals surface area contributed by atoms with Crippen molar-refractivity contribution in [1.29, 1.82) is 0 Å². The summed E-state index contributed by atoms with van der Waals surface area (Å²) in [5.74, 6) is 1.46. The number of nitrogens with zero attached hydrogens (tertiary/aromatic N) is 3. The van der Waals surface area contributed by atoms with Crippen LogP contribution in [0.1, 0.15) is 25.5 Å². The van der Waals surface area contributed by atoms with Crippen LogP contribution in [0.25, 0.3) is 0 Å². The van der Waals surface area contributed by atoms with Crippen molar-refractivity contribution in [2.45, 2.75) is 19.8 Å². The minimum absolute atomic E-state index is 0.0775. The molecule has 0 saturated carbocycles. The fourth-order valence-corrected chi connectivity index (χ4v) is 2.97. The Labute approximate surface area is 153 Å². The Morgan fingerprint density at radius 2 is 2.04 bits per heavy atom. The third-order valence-corrected chi connectivity index (χ3v) is 4.54. The molecule has 0 spiro atoms.